The lowest BCUT2D eigenvalue weighted by molar-refractivity contribution is 0.0697. The van der Waals surface area contributed by atoms with Crippen molar-refractivity contribution in [1.29, 1.82) is 0 Å². The average molecular weight is 273 g/mol. The van der Waals surface area contributed by atoms with Crippen molar-refractivity contribution < 1.29 is 14.3 Å². The number of halogens is 1. The van der Waals surface area contributed by atoms with Gasteiger partial charge in [0.05, 0.1) is 5.56 Å². The number of carbonyl (C=O) groups is 1. The molecule has 104 valence electrons. The van der Waals surface area contributed by atoms with Crippen LogP contribution in [0.2, 0.25) is 0 Å². The molecule has 2 N–H and O–H groups in total. The smallest absolute Gasteiger partial charge is 0.337 e. The minimum atomic E-state index is -1.14. The molecule has 1 atom stereocenters. The normalized spacial score (nSPS) is 11.9. The summed E-state index contributed by atoms with van der Waals surface area (Å²) in [6.45, 7) is 2.63. The molecule has 0 aliphatic heterocycles. The highest BCUT2D eigenvalue weighted by Crippen LogP contribution is 2.20. The van der Waals surface area contributed by atoms with E-state index < -0.39 is 11.8 Å². The molecule has 3 nitrogen and oxygen atoms in total. The van der Waals surface area contributed by atoms with Gasteiger partial charge in [-0.1, -0.05) is 37.3 Å². The first-order valence-corrected chi connectivity index (χ1v) is 6.39. The largest absolute Gasteiger partial charge is 0.478 e. The van der Waals surface area contributed by atoms with Crippen LogP contribution in [0.3, 0.4) is 0 Å². The molecule has 2 aromatic rings. The van der Waals surface area contributed by atoms with Crippen molar-refractivity contribution in [2.75, 3.05) is 11.9 Å². The van der Waals surface area contributed by atoms with Gasteiger partial charge in [0.1, 0.15) is 5.82 Å². The number of rotatable bonds is 5. The van der Waals surface area contributed by atoms with E-state index in [9.17, 15) is 9.18 Å². The van der Waals surface area contributed by atoms with Crippen molar-refractivity contribution in [2.45, 2.75) is 12.8 Å². The Morgan fingerprint density at radius 3 is 2.60 bits per heavy atom. The molecule has 0 heterocycles. The van der Waals surface area contributed by atoms with E-state index in [2.05, 4.69) is 5.32 Å². The Bertz CT molecular complexity index is 599. The van der Waals surface area contributed by atoms with Crippen molar-refractivity contribution in [2.24, 2.45) is 0 Å². The number of aromatic carboxylic acids is 1. The number of anilines is 1. The minimum absolute atomic E-state index is 0.0507. The van der Waals surface area contributed by atoms with Crippen LogP contribution >= 0.6 is 0 Å². The van der Waals surface area contributed by atoms with Gasteiger partial charge in [-0.3, -0.25) is 0 Å². The highest BCUT2D eigenvalue weighted by molar-refractivity contribution is 5.94. The molecule has 0 bridgehead atoms. The fraction of sp³-hybridized carbons (Fsp3) is 0.188. The van der Waals surface area contributed by atoms with Gasteiger partial charge in [-0.05, 0) is 29.7 Å². The third kappa shape index (κ3) is 3.35. The summed E-state index contributed by atoms with van der Waals surface area (Å²) < 4.78 is 13.1. The van der Waals surface area contributed by atoms with E-state index in [-0.39, 0.29) is 11.5 Å². The lowest BCUT2D eigenvalue weighted by Crippen LogP contribution is -2.13. The third-order valence-corrected chi connectivity index (χ3v) is 3.18. The van der Waals surface area contributed by atoms with Gasteiger partial charge in [0, 0.05) is 12.2 Å². The van der Waals surface area contributed by atoms with Crippen molar-refractivity contribution in [3.8, 4) is 0 Å². The Balaban J connectivity index is 2.09. The molecular formula is C16H16FNO2. The first-order chi connectivity index (χ1) is 9.58. The lowest BCUT2D eigenvalue weighted by Gasteiger charge is -2.15. The molecule has 0 amide bonds. The van der Waals surface area contributed by atoms with E-state index in [1.807, 2.05) is 37.3 Å². The van der Waals surface area contributed by atoms with Crippen LogP contribution in [0.25, 0.3) is 0 Å². The Morgan fingerprint density at radius 1 is 1.25 bits per heavy atom. The van der Waals surface area contributed by atoms with Crippen LogP contribution in [-0.4, -0.2) is 17.6 Å². The molecule has 20 heavy (non-hydrogen) atoms. The zero-order valence-electron chi connectivity index (χ0n) is 11.1. The minimum Gasteiger partial charge on any atom is -0.478 e. The number of nitrogens with one attached hydrogen (secondary N) is 1. The molecule has 0 aliphatic carbocycles. The van der Waals surface area contributed by atoms with Gasteiger partial charge < -0.3 is 10.4 Å². The van der Waals surface area contributed by atoms with Gasteiger partial charge in [-0.25, -0.2) is 9.18 Å². The molecule has 0 spiro atoms. The van der Waals surface area contributed by atoms with E-state index in [4.69, 9.17) is 5.11 Å². The number of benzene rings is 2. The van der Waals surface area contributed by atoms with Gasteiger partial charge in [-0.15, -0.1) is 0 Å². The molecule has 1 unspecified atom stereocenters. The van der Waals surface area contributed by atoms with Crippen LogP contribution in [0.1, 0.15) is 28.8 Å². The van der Waals surface area contributed by atoms with Crippen molar-refractivity contribution >= 4 is 11.7 Å². The number of hydrogen-bond acceptors (Lipinski definition) is 2. The second kappa shape index (κ2) is 6.19. The van der Waals surface area contributed by atoms with Gasteiger partial charge in [0.25, 0.3) is 0 Å². The summed E-state index contributed by atoms with van der Waals surface area (Å²) in [6.07, 6.45) is 0. The standard InChI is InChI=1S/C16H16FNO2/c1-11(12-5-3-2-4-6-12)10-18-15-8-7-13(17)9-14(15)16(19)20/h2-9,11,18H,10H2,1H3,(H,19,20). The van der Waals surface area contributed by atoms with Gasteiger partial charge >= 0.3 is 5.97 Å². The molecular weight excluding hydrogens is 257 g/mol. The van der Waals surface area contributed by atoms with E-state index >= 15 is 0 Å². The molecule has 0 saturated carbocycles. The molecule has 2 rings (SSSR count). The molecule has 0 aliphatic rings. The SMILES string of the molecule is CC(CNc1ccc(F)cc1C(=O)O)c1ccccc1. The first kappa shape index (κ1) is 14.1. The fourth-order valence-corrected chi connectivity index (χ4v) is 2.01. The maximum Gasteiger partial charge on any atom is 0.337 e. The van der Waals surface area contributed by atoms with Crippen molar-refractivity contribution in [3.05, 3.63) is 65.5 Å². The van der Waals surface area contributed by atoms with E-state index in [0.717, 1.165) is 6.07 Å². The summed E-state index contributed by atoms with van der Waals surface area (Å²) in [4.78, 5) is 11.1. The number of carboxylic acids is 1. The quantitative estimate of drug-likeness (QED) is 0.872. The summed E-state index contributed by atoms with van der Waals surface area (Å²) >= 11 is 0. The van der Waals surface area contributed by atoms with E-state index in [1.165, 1.54) is 17.7 Å². The van der Waals surface area contributed by atoms with Crippen LogP contribution in [-0.2, 0) is 0 Å². The fourth-order valence-electron chi connectivity index (χ4n) is 2.01. The van der Waals surface area contributed by atoms with Crippen molar-refractivity contribution in [3.63, 3.8) is 0 Å². The molecule has 0 fully saturated rings. The predicted molar refractivity (Wildman–Crippen MR) is 76.7 cm³/mol. The maximum absolute atomic E-state index is 13.1. The summed E-state index contributed by atoms with van der Waals surface area (Å²) in [5.74, 6) is -1.47. The van der Waals surface area contributed by atoms with Crippen LogP contribution in [0.5, 0.6) is 0 Å². The highest BCUT2D eigenvalue weighted by atomic mass is 19.1. The van der Waals surface area contributed by atoms with Gasteiger partial charge in [-0.2, -0.15) is 0 Å². The number of hydrogen-bond donors (Lipinski definition) is 2. The zero-order chi connectivity index (χ0) is 14.5. The molecule has 0 radical (unpaired) electrons. The second-order valence-electron chi connectivity index (χ2n) is 4.69. The van der Waals surface area contributed by atoms with E-state index in [0.29, 0.717) is 12.2 Å². The topological polar surface area (TPSA) is 49.3 Å². The summed E-state index contributed by atoms with van der Waals surface area (Å²) in [6, 6.07) is 13.7. The average Bonchev–Trinajstić information content (AvgIpc) is 2.46. The Kier molecular flexibility index (Phi) is 4.35. The van der Waals surface area contributed by atoms with Gasteiger partial charge in [0.15, 0.2) is 0 Å². The van der Waals surface area contributed by atoms with Crippen LogP contribution in [0, 0.1) is 5.82 Å². The summed E-state index contributed by atoms with van der Waals surface area (Å²) in [5, 5.41) is 12.1. The Morgan fingerprint density at radius 2 is 1.95 bits per heavy atom. The molecule has 4 heteroatoms. The van der Waals surface area contributed by atoms with Crippen molar-refractivity contribution in [1.82, 2.24) is 0 Å². The lowest BCUT2D eigenvalue weighted by atomic mass is 10.0. The van der Waals surface area contributed by atoms with Gasteiger partial charge in [0.2, 0.25) is 0 Å². The summed E-state index contributed by atoms with van der Waals surface area (Å²) in [7, 11) is 0. The third-order valence-electron chi connectivity index (χ3n) is 3.18. The highest BCUT2D eigenvalue weighted by Gasteiger charge is 2.12. The molecule has 2 aromatic carbocycles. The zero-order valence-corrected chi connectivity index (χ0v) is 11.1. The first-order valence-electron chi connectivity index (χ1n) is 6.39. The van der Waals surface area contributed by atoms with Crippen LogP contribution < -0.4 is 5.32 Å². The van der Waals surface area contributed by atoms with Crippen LogP contribution in [0.15, 0.2) is 48.5 Å². The molecule has 0 saturated heterocycles. The molecule has 0 aromatic heterocycles. The van der Waals surface area contributed by atoms with E-state index in [1.54, 1.807) is 0 Å². The monoisotopic (exact) mass is 273 g/mol. The number of carboxylic acid groups (broad SMARTS) is 1. The second-order valence-corrected chi connectivity index (χ2v) is 4.69. The predicted octanol–water partition coefficient (Wildman–Crippen LogP) is 3.74. The summed E-state index contributed by atoms with van der Waals surface area (Å²) in [5.41, 5.74) is 1.55. The Labute approximate surface area is 117 Å². The Hall–Kier alpha value is -2.36. The maximum atomic E-state index is 13.1. The van der Waals surface area contributed by atoms with Crippen LogP contribution in [0.4, 0.5) is 10.1 Å².